The Balaban J connectivity index is 2.50. The summed E-state index contributed by atoms with van der Waals surface area (Å²) in [5, 5.41) is 8.28. The standard InChI is InChI=1S/C11H21NO4S/c1-12(8-4-7-11(13)14)9-5-3-6-10(9)17(2,15)16/h9-10H,3-8H2,1-2H3,(H,13,14). The van der Waals surface area contributed by atoms with E-state index in [0.717, 1.165) is 19.3 Å². The van der Waals surface area contributed by atoms with Crippen LogP contribution in [0.1, 0.15) is 32.1 Å². The number of carbonyl (C=O) groups is 1. The summed E-state index contributed by atoms with van der Waals surface area (Å²) < 4.78 is 23.2. The summed E-state index contributed by atoms with van der Waals surface area (Å²) in [4.78, 5) is 12.4. The molecule has 0 spiro atoms. The molecule has 1 aliphatic rings. The summed E-state index contributed by atoms with van der Waals surface area (Å²) in [7, 11) is -1.11. The van der Waals surface area contributed by atoms with E-state index in [1.165, 1.54) is 6.26 Å². The molecule has 17 heavy (non-hydrogen) atoms. The molecule has 2 unspecified atom stereocenters. The molecule has 5 nitrogen and oxygen atoms in total. The van der Waals surface area contributed by atoms with Crippen LogP contribution in [0.15, 0.2) is 0 Å². The third kappa shape index (κ3) is 4.27. The van der Waals surface area contributed by atoms with Crippen LogP contribution in [-0.4, -0.2) is 55.5 Å². The first-order chi connectivity index (χ1) is 7.82. The van der Waals surface area contributed by atoms with Gasteiger partial charge in [0.15, 0.2) is 9.84 Å². The molecule has 0 amide bonds. The number of carboxylic acid groups (broad SMARTS) is 1. The van der Waals surface area contributed by atoms with Gasteiger partial charge < -0.3 is 10.0 Å². The van der Waals surface area contributed by atoms with Gasteiger partial charge in [-0.2, -0.15) is 0 Å². The molecule has 1 rings (SSSR count). The molecule has 1 fully saturated rings. The van der Waals surface area contributed by atoms with Crippen molar-refractivity contribution in [2.24, 2.45) is 0 Å². The molecule has 0 bridgehead atoms. The lowest BCUT2D eigenvalue weighted by Crippen LogP contribution is -2.41. The van der Waals surface area contributed by atoms with Gasteiger partial charge >= 0.3 is 5.97 Å². The largest absolute Gasteiger partial charge is 0.481 e. The SMILES string of the molecule is CN(CCCC(=O)O)C1CCCC1S(C)(=O)=O. The van der Waals surface area contributed by atoms with Gasteiger partial charge in [0.05, 0.1) is 5.25 Å². The maximum atomic E-state index is 11.6. The maximum absolute atomic E-state index is 11.6. The summed E-state index contributed by atoms with van der Waals surface area (Å²) in [6.45, 7) is 0.642. The first-order valence-corrected chi connectivity index (χ1v) is 7.88. The zero-order chi connectivity index (χ0) is 13.1. The van der Waals surface area contributed by atoms with Gasteiger partial charge in [0.2, 0.25) is 0 Å². The van der Waals surface area contributed by atoms with Gasteiger partial charge in [-0.15, -0.1) is 0 Å². The third-order valence-corrected chi connectivity index (χ3v) is 5.09. The minimum Gasteiger partial charge on any atom is -0.481 e. The number of sulfone groups is 1. The predicted octanol–water partition coefficient (Wildman–Crippen LogP) is 0.749. The van der Waals surface area contributed by atoms with E-state index in [1.807, 2.05) is 11.9 Å². The molecule has 0 aromatic carbocycles. The van der Waals surface area contributed by atoms with E-state index in [2.05, 4.69) is 0 Å². The van der Waals surface area contributed by atoms with E-state index in [9.17, 15) is 13.2 Å². The van der Waals surface area contributed by atoms with Crippen LogP contribution < -0.4 is 0 Å². The second-order valence-electron chi connectivity index (χ2n) is 4.84. The molecule has 0 aromatic heterocycles. The van der Waals surface area contributed by atoms with Gasteiger partial charge in [-0.1, -0.05) is 6.42 Å². The summed E-state index contributed by atoms with van der Waals surface area (Å²) in [6.07, 6.45) is 4.56. The van der Waals surface area contributed by atoms with E-state index in [1.54, 1.807) is 0 Å². The Morgan fingerprint density at radius 3 is 2.59 bits per heavy atom. The van der Waals surface area contributed by atoms with Crippen molar-refractivity contribution in [1.82, 2.24) is 4.90 Å². The Morgan fingerprint density at radius 2 is 2.06 bits per heavy atom. The maximum Gasteiger partial charge on any atom is 0.303 e. The number of hydrogen-bond donors (Lipinski definition) is 1. The van der Waals surface area contributed by atoms with Crippen molar-refractivity contribution in [3.63, 3.8) is 0 Å². The van der Waals surface area contributed by atoms with E-state index in [4.69, 9.17) is 5.11 Å². The van der Waals surface area contributed by atoms with Crippen molar-refractivity contribution in [1.29, 1.82) is 0 Å². The smallest absolute Gasteiger partial charge is 0.303 e. The average Bonchev–Trinajstić information content (AvgIpc) is 2.64. The van der Waals surface area contributed by atoms with Crippen LogP contribution in [-0.2, 0) is 14.6 Å². The van der Waals surface area contributed by atoms with Crippen LogP contribution in [0.5, 0.6) is 0 Å². The zero-order valence-electron chi connectivity index (χ0n) is 10.4. The molecular formula is C11H21NO4S. The zero-order valence-corrected chi connectivity index (χ0v) is 11.2. The molecular weight excluding hydrogens is 242 g/mol. The van der Waals surface area contributed by atoms with Crippen molar-refractivity contribution in [2.75, 3.05) is 19.8 Å². The van der Waals surface area contributed by atoms with E-state index in [0.29, 0.717) is 13.0 Å². The van der Waals surface area contributed by atoms with Gasteiger partial charge in [0.1, 0.15) is 0 Å². The monoisotopic (exact) mass is 263 g/mol. The van der Waals surface area contributed by atoms with Gasteiger partial charge in [-0.05, 0) is 32.9 Å². The highest BCUT2D eigenvalue weighted by Gasteiger charge is 2.36. The van der Waals surface area contributed by atoms with Crippen molar-refractivity contribution in [2.45, 2.75) is 43.4 Å². The molecule has 6 heteroatoms. The van der Waals surface area contributed by atoms with Crippen molar-refractivity contribution >= 4 is 15.8 Å². The predicted molar refractivity (Wildman–Crippen MR) is 65.8 cm³/mol. The average molecular weight is 263 g/mol. The quantitative estimate of drug-likeness (QED) is 0.765. The normalized spacial score (nSPS) is 25.4. The van der Waals surface area contributed by atoms with Gasteiger partial charge in [-0.3, -0.25) is 4.79 Å². The number of nitrogens with zero attached hydrogens (tertiary/aromatic N) is 1. The molecule has 0 heterocycles. The highest BCUT2D eigenvalue weighted by molar-refractivity contribution is 7.91. The van der Waals surface area contributed by atoms with Gasteiger partial charge in [0.25, 0.3) is 0 Å². The fourth-order valence-electron chi connectivity index (χ4n) is 2.56. The lowest BCUT2D eigenvalue weighted by Gasteiger charge is -2.28. The molecule has 1 aliphatic carbocycles. The van der Waals surface area contributed by atoms with E-state index in [-0.39, 0.29) is 17.7 Å². The molecule has 0 aromatic rings. The summed E-state index contributed by atoms with van der Waals surface area (Å²) in [5.41, 5.74) is 0. The Kier molecular flexibility index (Phi) is 4.94. The lowest BCUT2D eigenvalue weighted by atomic mass is 10.2. The topological polar surface area (TPSA) is 74.7 Å². The van der Waals surface area contributed by atoms with Crippen LogP contribution >= 0.6 is 0 Å². The molecule has 2 atom stereocenters. The minimum atomic E-state index is -3.00. The second-order valence-corrected chi connectivity index (χ2v) is 7.11. The third-order valence-electron chi connectivity index (χ3n) is 3.44. The number of aliphatic carboxylic acids is 1. The van der Waals surface area contributed by atoms with Crippen LogP contribution in [0.25, 0.3) is 0 Å². The minimum absolute atomic E-state index is 0.0544. The Hall–Kier alpha value is -0.620. The molecule has 1 N–H and O–H groups in total. The van der Waals surface area contributed by atoms with Gasteiger partial charge in [-0.25, -0.2) is 8.42 Å². The van der Waals surface area contributed by atoms with Crippen molar-refractivity contribution < 1.29 is 18.3 Å². The van der Waals surface area contributed by atoms with Gasteiger partial charge in [0, 0.05) is 18.7 Å². The summed E-state index contributed by atoms with van der Waals surface area (Å²) in [5.74, 6) is -0.801. The highest BCUT2D eigenvalue weighted by Crippen LogP contribution is 2.28. The lowest BCUT2D eigenvalue weighted by molar-refractivity contribution is -0.137. The molecule has 0 radical (unpaired) electrons. The number of rotatable bonds is 6. The Morgan fingerprint density at radius 1 is 1.41 bits per heavy atom. The molecule has 1 saturated carbocycles. The second kappa shape index (κ2) is 5.82. The van der Waals surface area contributed by atoms with Crippen molar-refractivity contribution in [3.8, 4) is 0 Å². The first kappa shape index (κ1) is 14.4. The van der Waals surface area contributed by atoms with Crippen LogP contribution in [0.4, 0.5) is 0 Å². The Labute approximate surface area is 103 Å². The van der Waals surface area contributed by atoms with Crippen LogP contribution in [0, 0.1) is 0 Å². The molecule has 100 valence electrons. The first-order valence-electron chi connectivity index (χ1n) is 5.93. The summed E-state index contributed by atoms with van der Waals surface area (Å²) >= 11 is 0. The summed E-state index contributed by atoms with van der Waals surface area (Å²) in [6, 6.07) is 0.0544. The number of carboxylic acids is 1. The Bertz CT molecular complexity index is 366. The van der Waals surface area contributed by atoms with Crippen molar-refractivity contribution in [3.05, 3.63) is 0 Å². The fraction of sp³-hybridized carbons (Fsp3) is 0.909. The molecule has 0 aliphatic heterocycles. The highest BCUT2D eigenvalue weighted by atomic mass is 32.2. The van der Waals surface area contributed by atoms with Crippen LogP contribution in [0.3, 0.4) is 0 Å². The van der Waals surface area contributed by atoms with E-state index < -0.39 is 15.8 Å². The van der Waals surface area contributed by atoms with Crippen LogP contribution in [0.2, 0.25) is 0 Å². The number of hydrogen-bond acceptors (Lipinski definition) is 4. The molecule has 0 saturated heterocycles. The van der Waals surface area contributed by atoms with E-state index >= 15 is 0 Å². The fourth-order valence-corrected chi connectivity index (χ4v) is 4.06.